The van der Waals surface area contributed by atoms with Crippen LogP contribution in [0.3, 0.4) is 0 Å². The number of carbonyl (C=O) groups excluding carboxylic acids is 3. The smallest absolute Gasteiger partial charge is 0.406 e. The molecule has 1 fully saturated rings. The maximum Gasteiger partial charge on any atom is 0.573 e. The van der Waals surface area contributed by atoms with Crippen molar-refractivity contribution in [3.8, 4) is 5.75 Å². The molecule has 146 valence electrons. The van der Waals surface area contributed by atoms with E-state index >= 15 is 0 Å². The molecule has 6 nitrogen and oxygen atoms in total. The van der Waals surface area contributed by atoms with Crippen LogP contribution < -0.4 is 10.1 Å². The van der Waals surface area contributed by atoms with Crippen molar-refractivity contribution < 1.29 is 32.3 Å². The molecule has 3 rings (SSSR count). The minimum absolute atomic E-state index is 0.135. The van der Waals surface area contributed by atoms with E-state index in [1.165, 1.54) is 29.2 Å². The van der Waals surface area contributed by atoms with Crippen LogP contribution in [-0.4, -0.2) is 29.0 Å². The Morgan fingerprint density at radius 3 is 2.29 bits per heavy atom. The number of hydrogen-bond acceptors (Lipinski definition) is 4. The molecule has 0 atom stereocenters. The van der Waals surface area contributed by atoms with Gasteiger partial charge in [-0.1, -0.05) is 18.2 Å². The molecule has 1 saturated heterocycles. The second-order valence-electron chi connectivity index (χ2n) is 6.10. The summed E-state index contributed by atoms with van der Waals surface area (Å²) in [4.78, 5) is 36.7. The van der Waals surface area contributed by atoms with Crippen LogP contribution in [0.4, 0.5) is 18.9 Å². The summed E-state index contributed by atoms with van der Waals surface area (Å²) in [7, 11) is 0. The lowest BCUT2D eigenvalue weighted by molar-refractivity contribution is -0.274. The Kier molecular flexibility index (Phi) is 5.34. The van der Waals surface area contributed by atoms with Gasteiger partial charge in [0.1, 0.15) is 5.75 Å². The Morgan fingerprint density at radius 2 is 1.68 bits per heavy atom. The fourth-order valence-corrected chi connectivity index (χ4v) is 2.72. The summed E-state index contributed by atoms with van der Waals surface area (Å²) in [6, 6.07) is 11.2. The van der Waals surface area contributed by atoms with Crippen LogP contribution in [0.1, 0.15) is 28.8 Å². The minimum Gasteiger partial charge on any atom is -0.406 e. The lowest BCUT2D eigenvalue weighted by Crippen LogP contribution is -2.28. The first-order valence-electron chi connectivity index (χ1n) is 8.30. The Balaban J connectivity index is 1.64. The molecule has 0 aliphatic carbocycles. The second kappa shape index (κ2) is 7.71. The summed E-state index contributed by atoms with van der Waals surface area (Å²) in [6.07, 6.45) is -4.41. The predicted octanol–water partition coefficient (Wildman–Crippen LogP) is 3.49. The van der Waals surface area contributed by atoms with Gasteiger partial charge in [-0.2, -0.15) is 0 Å². The largest absolute Gasteiger partial charge is 0.573 e. The Bertz CT molecular complexity index is 894. The van der Waals surface area contributed by atoms with Gasteiger partial charge in [-0.25, -0.2) is 0 Å². The van der Waals surface area contributed by atoms with Gasteiger partial charge in [-0.05, 0) is 29.8 Å². The number of ether oxygens (including phenoxy) is 1. The van der Waals surface area contributed by atoms with Crippen molar-refractivity contribution in [2.45, 2.75) is 25.7 Å². The highest BCUT2D eigenvalue weighted by molar-refractivity contribution is 6.04. The molecule has 1 aliphatic heterocycles. The van der Waals surface area contributed by atoms with Crippen LogP contribution in [-0.2, 0) is 16.1 Å². The van der Waals surface area contributed by atoms with E-state index in [1.54, 1.807) is 12.1 Å². The maximum atomic E-state index is 12.3. The summed E-state index contributed by atoms with van der Waals surface area (Å²) in [5.74, 6) is -1.43. The quantitative estimate of drug-likeness (QED) is 0.791. The van der Waals surface area contributed by atoms with Crippen LogP contribution in [0, 0.1) is 0 Å². The topological polar surface area (TPSA) is 75.7 Å². The van der Waals surface area contributed by atoms with Gasteiger partial charge in [0.15, 0.2) is 0 Å². The molecular weight excluding hydrogens is 377 g/mol. The number of anilines is 1. The fourth-order valence-electron chi connectivity index (χ4n) is 2.72. The van der Waals surface area contributed by atoms with Gasteiger partial charge >= 0.3 is 6.36 Å². The first-order valence-corrected chi connectivity index (χ1v) is 8.30. The van der Waals surface area contributed by atoms with E-state index in [4.69, 9.17) is 0 Å². The monoisotopic (exact) mass is 392 g/mol. The van der Waals surface area contributed by atoms with Crippen molar-refractivity contribution in [1.82, 2.24) is 4.90 Å². The van der Waals surface area contributed by atoms with Gasteiger partial charge < -0.3 is 10.1 Å². The van der Waals surface area contributed by atoms with E-state index < -0.39 is 18.0 Å². The van der Waals surface area contributed by atoms with E-state index in [1.807, 2.05) is 0 Å². The third-order valence-electron chi connectivity index (χ3n) is 4.04. The van der Waals surface area contributed by atoms with Crippen molar-refractivity contribution in [3.63, 3.8) is 0 Å². The van der Waals surface area contributed by atoms with Gasteiger partial charge in [0.05, 0.1) is 6.54 Å². The Hall–Kier alpha value is -3.36. The molecule has 1 heterocycles. The van der Waals surface area contributed by atoms with E-state index in [9.17, 15) is 27.6 Å². The molecule has 0 radical (unpaired) electrons. The minimum atomic E-state index is -4.82. The lowest BCUT2D eigenvalue weighted by atomic mass is 10.1. The molecule has 28 heavy (non-hydrogen) atoms. The summed E-state index contributed by atoms with van der Waals surface area (Å²) in [6.45, 7) is 0.135. The van der Waals surface area contributed by atoms with E-state index in [0.29, 0.717) is 5.56 Å². The average Bonchev–Trinajstić information content (AvgIpc) is 2.93. The number of imide groups is 1. The normalized spacial score (nSPS) is 14.3. The van der Waals surface area contributed by atoms with Crippen molar-refractivity contribution in [3.05, 3.63) is 59.7 Å². The number of alkyl halides is 3. The van der Waals surface area contributed by atoms with E-state index in [-0.39, 0.29) is 42.5 Å². The molecule has 1 aliphatic rings. The molecule has 0 spiro atoms. The second-order valence-corrected chi connectivity index (χ2v) is 6.10. The zero-order valence-corrected chi connectivity index (χ0v) is 14.5. The third-order valence-corrected chi connectivity index (χ3v) is 4.04. The Morgan fingerprint density at radius 1 is 1.04 bits per heavy atom. The van der Waals surface area contributed by atoms with Crippen LogP contribution in [0.15, 0.2) is 48.5 Å². The van der Waals surface area contributed by atoms with Crippen LogP contribution in [0.5, 0.6) is 5.75 Å². The van der Waals surface area contributed by atoms with Gasteiger partial charge in [-0.3, -0.25) is 19.3 Å². The first-order chi connectivity index (χ1) is 13.2. The van der Waals surface area contributed by atoms with E-state index in [2.05, 4.69) is 10.1 Å². The molecule has 1 N–H and O–H groups in total. The van der Waals surface area contributed by atoms with E-state index in [0.717, 1.165) is 12.1 Å². The summed E-state index contributed by atoms with van der Waals surface area (Å²) in [5.41, 5.74) is 1.09. The third kappa shape index (κ3) is 4.87. The first kappa shape index (κ1) is 19.4. The van der Waals surface area contributed by atoms with Crippen molar-refractivity contribution >= 4 is 23.4 Å². The SMILES string of the molecule is O=C(Nc1cccc(OC(F)(F)F)c1)c1ccc(CN2C(=O)CCC2=O)cc1. The van der Waals surface area contributed by atoms with Crippen LogP contribution in [0.25, 0.3) is 0 Å². The lowest BCUT2D eigenvalue weighted by Gasteiger charge is -2.14. The number of benzene rings is 2. The summed E-state index contributed by atoms with van der Waals surface area (Å²) < 4.78 is 40.6. The zero-order chi connectivity index (χ0) is 20.3. The molecule has 3 amide bonds. The molecule has 9 heteroatoms. The number of nitrogens with one attached hydrogen (secondary N) is 1. The van der Waals surface area contributed by atoms with Crippen molar-refractivity contribution in [1.29, 1.82) is 0 Å². The highest BCUT2D eigenvalue weighted by Crippen LogP contribution is 2.25. The standard InChI is InChI=1S/C19H15F3N2O4/c20-19(21,22)28-15-3-1-2-14(10-15)23-18(27)13-6-4-12(5-7-13)11-24-16(25)8-9-17(24)26/h1-7,10H,8-9,11H2,(H,23,27). The Labute approximate surface area is 157 Å². The number of carbonyl (C=O) groups is 3. The van der Waals surface area contributed by atoms with Gasteiger partial charge in [0.25, 0.3) is 5.91 Å². The number of amides is 3. The number of nitrogens with zero attached hydrogens (tertiary/aromatic N) is 1. The zero-order valence-electron chi connectivity index (χ0n) is 14.5. The number of hydrogen-bond donors (Lipinski definition) is 1. The average molecular weight is 392 g/mol. The predicted molar refractivity (Wildman–Crippen MR) is 92.3 cm³/mol. The molecule has 2 aromatic rings. The number of likely N-dealkylation sites (tertiary alicyclic amines) is 1. The molecule has 2 aromatic carbocycles. The van der Waals surface area contributed by atoms with Crippen molar-refractivity contribution in [2.24, 2.45) is 0 Å². The van der Waals surface area contributed by atoms with Gasteiger partial charge in [0.2, 0.25) is 11.8 Å². The summed E-state index contributed by atoms with van der Waals surface area (Å²) in [5, 5.41) is 2.49. The molecular formula is C19H15F3N2O4. The maximum absolute atomic E-state index is 12.3. The van der Waals surface area contributed by atoms with Crippen LogP contribution >= 0.6 is 0 Å². The number of halogens is 3. The highest BCUT2D eigenvalue weighted by Gasteiger charge is 2.31. The molecule has 0 unspecified atom stereocenters. The van der Waals surface area contributed by atoms with Crippen LogP contribution in [0.2, 0.25) is 0 Å². The molecule has 0 bridgehead atoms. The van der Waals surface area contributed by atoms with Gasteiger partial charge in [-0.15, -0.1) is 13.2 Å². The van der Waals surface area contributed by atoms with Crippen molar-refractivity contribution in [2.75, 3.05) is 5.32 Å². The molecule has 0 aromatic heterocycles. The summed E-state index contributed by atoms with van der Waals surface area (Å²) >= 11 is 0. The van der Waals surface area contributed by atoms with Gasteiger partial charge in [0, 0.05) is 30.2 Å². The fraction of sp³-hybridized carbons (Fsp3) is 0.211. The molecule has 0 saturated carbocycles. The number of rotatable bonds is 5. The highest BCUT2D eigenvalue weighted by atomic mass is 19.4.